The molecule has 1 aromatic rings. The largest absolute Gasteiger partial charge is 0.307 e. The molecule has 0 bridgehead atoms. The van der Waals surface area contributed by atoms with Gasteiger partial charge in [0.1, 0.15) is 0 Å². The smallest absolute Gasteiger partial charge is 0.167 e. The molecule has 1 saturated carbocycles. The van der Waals surface area contributed by atoms with Gasteiger partial charge in [-0.05, 0) is 48.1 Å². The van der Waals surface area contributed by atoms with Crippen LogP contribution in [0.15, 0.2) is 0 Å². The number of nitrogens with one attached hydrogen (secondary N) is 1. The molecule has 1 aliphatic carbocycles. The van der Waals surface area contributed by atoms with Gasteiger partial charge in [0.25, 0.3) is 0 Å². The lowest BCUT2D eigenvalue weighted by atomic mass is 9.80. The Morgan fingerprint density at radius 1 is 1.25 bits per heavy atom. The van der Waals surface area contributed by atoms with Crippen molar-refractivity contribution in [2.75, 3.05) is 6.54 Å². The summed E-state index contributed by atoms with van der Waals surface area (Å²) >= 11 is 0. The minimum atomic E-state index is 0.214. The van der Waals surface area contributed by atoms with E-state index >= 15 is 0 Å². The van der Waals surface area contributed by atoms with Gasteiger partial charge < -0.3 is 5.32 Å². The number of hydrogen-bond acceptors (Lipinski definition) is 4. The Morgan fingerprint density at radius 2 is 2.00 bits per heavy atom. The third kappa shape index (κ3) is 4.01. The van der Waals surface area contributed by atoms with E-state index in [9.17, 15) is 0 Å². The second kappa shape index (κ2) is 7.16. The normalized spacial score (nSPS) is 25.1. The van der Waals surface area contributed by atoms with Gasteiger partial charge >= 0.3 is 0 Å². The van der Waals surface area contributed by atoms with E-state index in [1.54, 1.807) is 0 Å². The first kappa shape index (κ1) is 15.4. The molecule has 5 nitrogen and oxygen atoms in total. The zero-order valence-corrected chi connectivity index (χ0v) is 13.3. The average Bonchev–Trinajstić information content (AvgIpc) is 2.87. The molecule has 0 aliphatic heterocycles. The topological polar surface area (TPSA) is 55.6 Å². The Morgan fingerprint density at radius 3 is 2.70 bits per heavy atom. The SMILES string of the molecule is CC(C)CNC(C)c1nnnn1CC1CCCCC1C. The van der Waals surface area contributed by atoms with Gasteiger partial charge in [-0.2, -0.15) is 0 Å². The monoisotopic (exact) mass is 279 g/mol. The number of aromatic nitrogens is 4. The first-order valence-corrected chi connectivity index (χ1v) is 8.07. The number of tetrazole rings is 1. The van der Waals surface area contributed by atoms with E-state index in [0.29, 0.717) is 5.92 Å². The lowest BCUT2D eigenvalue weighted by Gasteiger charge is -2.29. The highest BCUT2D eigenvalue weighted by Gasteiger charge is 2.24. The van der Waals surface area contributed by atoms with Gasteiger partial charge in [0.15, 0.2) is 5.82 Å². The van der Waals surface area contributed by atoms with Crippen LogP contribution >= 0.6 is 0 Å². The van der Waals surface area contributed by atoms with Gasteiger partial charge in [0, 0.05) is 6.54 Å². The molecule has 0 aromatic carbocycles. The predicted molar refractivity (Wildman–Crippen MR) is 80.2 cm³/mol. The van der Waals surface area contributed by atoms with Crippen LogP contribution in [0.5, 0.6) is 0 Å². The lowest BCUT2D eigenvalue weighted by Crippen LogP contribution is -2.28. The summed E-state index contributed by atoms with van der Waals surface area (Å²) in [6, 6.07) is 0.214. The molecule has 1 heterocycles. The molecule has 5 heteroatoms. The summed E-state index contributed by atoms with van der Waals surface area (Å²) in [5.41, 5.74) is 0. The molecule has 20 heavy (non-hydrogen) atoms. The third-order valence-corrected chi connectivity index (χ3v) is 4.48. The van der Waals surface area contributed by atoms with Gasteiger partial charge in [-0.15, -0.1) is 5.10 Å². The van der Waals surface area contributed by atoms with Crippen molar-refractivity contribution in [3.63, 3.8) is 0 Å². The predicted octanol–water partition coefficient (Wildman–Crippen LogP) is 2.81. The molecule has 3 unspecified atom stereocenters. The van der Waals surface area contributed by atoms with Crippen molar-refractivity contribution >= 4 is 0 Å². The Labute approximate surface area is 122 Å². The second-order valence-corrected chi connectivity index (χ2v) is 6.76. The van der Waals surface area contributed by atoms with Crippen LogP contribution in [-0.2, 0) is 6.54 Å². The Balaban J connectivity index is 1.97. The summed E-state index contributed by atoms with van der Waals surface area (Å²) in [6.45, 7) is 10.9. The zero-order valence-electron chi connectivity index (χ0n) is 13.3. The summed E-state index contributed by atoms with van der Waals surface area (Å²) in [5.74, 6) is 3.13. The van der Waals surface area contributed by atoms with Crippen molar-refractivity contribution < 1.29 is 0 Å². The second-order valence-electron chi connectivity index (χ2n) is 6.76. The van der Waals surface area contributed by atoms with E-state index in [1.807, 2.05) is 4.68 Å². The number of rotatable bonds is 6. The van der Waals surface area contributed by atoms with Crippen molar-refractivity contribution in [1.29, 1.82) is 0 Å². The summed E-state index contributed by atoms with van der Waals surface area (Å²) in [6.07, 6.45) is 5.40. The van der Waals surface area contributed by atoms with Gasteiger partial charge in [-0.1, -0.05) is 40.0 Å². The molecule has 2 rings (SSSR count). The van der Waals surface area contributed by atoms with Gasteiger partial charge in [0.05, 0.1) is 6.04 Å². The van der Waals surface area contributed by atoms with Crippen LogP contribution in [0.2, 0.25) is 0 Å². The first-order valence-electron chi connectivity index (χ1n) is 8.07. The van der Waals surface area contributed by atoms with Gasteiger partial charge in [-0.3, -0.25) is 0 Å². The van der Waals surface area contributed by atoms with Crippen LogP contribution in [0.3, 0.4) is 0 Å². The average molecular weight is 279 g/mol. The van der Waals surface area contributed by atoms with E-state index in [0.717, 1.165) is 30.7 Å². The first-order chi connectivity index (χ1) is 9.58. The fraction of sp³-hybridized carbons (Fsp3) is 0.933. The molecular weight excluding hydrogens is 250 g/mol. The molecule has 1 aromatic heterocycles. The van der Waals surface area contributed by atoms with Crippen molar-refractivity contribution in [3.8, 4) is 0 Å². The molecule has 0 radical (unpaired) electrons. The van der Waals surface area contributed by atoms with Crippen LogP contribution in [-0.4, -0.2) is 26.8 Å². The van der Waals surface area contributed by atoms with Crippen LogP contribution in [0.25, 0.3) is 0 Å². The van der Waals surface area contributed by atoms with E-state index < -0.39 is 0 Å². The molecule has 1 N–H and O–H groups in total. The fourth-order valence-corrected chi connectivity index (χ4v) is 3.04. The Hall–Kier alpha value is -0.970. The fourth-order valence-electron chi connectivity index (χ4n) is 3.04. The van der Waals surface area contributed by atoms with E-state index in [-0.39, 0.29) is 6.04 Å². The number of hydrogen-bond donors (Lipinski definition) is 1. The quantitative estimate of drug-likeness (QED) is 0.870. The van der Waals surface area contributed by atoms with Crippen LogP contribution in [0.1, 0.15) is 65.2 Å². The maximum atomic E-state index is 4.22. The third-order valence-electron chi connectivity index (χ3n) is 4.48. The zero-order chi connectivity index (χ0) is 14.5. The Bertz CT molecular complexity index is 401. The maximum Gasteiger partial charge on any atom is 0.167 e. The highest BCUT2D eigenvalue weighted by Crippen LogP contribution is 2.30. The van der Waals surface area contributed by atoms with Crippen LogP contribution in [0, 0.1) is 17.8 Å². The highest BCUT2D eigenvalue weighted by atomic mass is 15.5. The van der Waals surface area contributed by atoms with Crippen LogP contribution < -0.4 is 5.32 Å². The highest BCUT2D eigenvalue weighted by molar-refractivity contribution is 4.90. The van der Waals surface area contributed by atoms with E-state index in [4.69, 9.17) is 0 Å². The molecular formula is C15H29N5. The molecule has 0 saturated heterocycles. The lowest BCUT2D eigenvalue weighted by molar-refractivity contribution is 0.216. The minimum absolute atomic E-state index is 0.214. The molecule has 1 aliphatic rings. The summed E-state index contributed by atoms with van der Waals surface area (Å²) in [7, 11) is 0. The molecule has 0 spiro atoms. The van der Waals surface area contributed by atoms with E-state index in [2.05, 4.69) is 48.5 Å². The summed E-state index contributed by atoms with van der Waals surface area (Å²) in [4.78, 5) is 0. The summed E-state index contributed by atoms with van der Waals surface area (Å²) in [5, 5.41) is 15.8. The standard InChI is InChI=1S/C15H29N5/c1-11(2)9-16-13(4)15-17-18-19-20(15)10-14-8-6-5-7-12(14)3/h11-14,16H,5-10H2,1-4H3. The maximum absolute atomic E-state index is 4.22. The van der Waals surface area contributed by atoms with Gasteiger partial charge in [0.2, 0.25) is 0 Å². The molecule has 114 valence electrons. The number of nitrogens with zero attached hydrogens (tertiary/aromatic N) is 4. The van der Waals surface area contributed by atoms with E-state index in [1.165, 1.54) is 25.7 Å². The molecule has 3 atom stereocenters. The Kier molecular flexibility index (Phi) is 5.52. The molecule has 1 fully saturated rings. The van der Waals surface area contributed by atoms with Crippen molar-refractivity contribution in [2.24, 2.45) is 17.8 Å². The minimum Gasteiger partial charge on any atom is -0.307 e. The summed E-state index contributed by atoms with van der Waals surface area (Å²) < 4.78 is 2.02. The van der Waals surface area contributed by atoms with Crippen molar-refractivity contribution in [1.82, 2.24) is 25.5 Å². The van der Waals surface area contributed by atoms with Crippen molar-refractivity contribution in [2.45, 2.75) is 66.0 Å². The van der Waals surface area contributed by atoms with Crippen molar-refractivity contribution in [3.05, 3.63) is 5.82 Å². The van der Waals surface area contributed by atoms with Gasteiger partial charge in [-0.25, -0.2) is 4.68 Å². The molecule has 0 amide bonds. The van der Waals surface area contributed by atoms with Crippen LogP contribution in [0.4, 0.5) is 0 Å².